The molecule has 0 saturated heterocycles. The number of carboxylic acids is 1. The first kappa shape index (κ1) is 16.0. The summed E-state index contributed by atoms with van der Waals surface area (Å²) >= 11 is 0. The smallest absolute Gasteiger partial charge is 0.327 e. The van der Waals surface area contributed by atoms with Gasteiger partial charge in [0, 0.05) is 24.7 Å². The number of terminal acetylenes is 1. The Hall–Kier alpha value is -3.01. The van der Waals surface area contributed by atoms with Crippen LogP contribution in [0.1, 0.15) is 13.3 Å². The maximum Gasteiger partial charge on any atom is 0.327 e. The number of amides is 3. The van der Waals surface area contributed by atoms with Crippen molar-refractivity contribution < 1.29 is 19.5 Å². The molecule has 7 nitrogen and oxygen atoms in total. The van der Waals surface area contributed by atoms with Crippen molar-refractivity contribution >= 4 is 29.3 Å². The molecule has 1 unspecified atom stereocenters. The van der Waals surface area contributed by atoms with Crippen LogP contribution in [-0.4, -0.2) is 29.1 Å². The normalized spacial score (nSPS) is 10.9. The molecule has 0 heterocycles. The van der Waals surface area contributed by atoms with E-state index in [1.807, 2.05) is 0 Å². The molecule has 0 saturated carbocycles. The molecule has 0 bridgehead atoms. The summed E-state index contributed by atoms with van der Waals surface area (Å²) in [6.07, 6.45) is 4.93. The summed E-state index contributed by atoms with van der Waals surface area (Å²) < 4.78 is 0. The third-order valence-electron chi connectivity index (χ3n) is 2.39. The molecule has 1 aromatic carbocycles. The van der Waals surface area contributed by atoms with Gasteiger partial charge in [0.05, 0.1) is 0 Å². The third-order valence-corrected chi connectivity index (χ3v) is 2.39. The fourth-order valence-electron chi connectivity index (χ4n) is 1.48. The molecule has 21 heavy (non-hydrogen) atoms. The third kappa shape index (κ3) is 5.65. The van der Waals surface area contributed by atoms with E-state index >= 15 is 0 Å². The molecule has 110 valence electrons. The van der Waals surface area contributed by atoms with E-state index in [9.17, 15) is 14.4 Å². The van der Waals surface area contributed by atoms with Crippen LogP contribution in [0.4, 0.5) is 16.2 Å². The van der Waals surface area contributed by atoms with Gasteiger partial charge in [0.25, 0.3) is 0 Å². The van der Waals surface area contributed by atoms with E-state index in [0.717, 1.165) is 0 Å². The van der Waals surface area contributed by atoms with Gasteiger partial charge in [0.1, 0.15) is 6.04 Å². The number of hydrogen-bond donors (Lipinski definition) is 4. The van der Waals surface area contributed by atoms with E-state index in [2.05, 4.69) is 21.9 Å². The summed E-state index contributed by atoms with van der Waals surface area (Å²) in [5.41, 5.74) is 1.04. The van der Waals surface area contributed by atoms with Crippen molar-refractivity contribution in [2.45, 2.75) is 19.4 Å². The Bertz CT molecular complexity index is 575. The number of hydrogen-bond acceptors (Lipinski definition) is 3. The summed E-state index contributed by atoms with van der Waals surface area (Å²) in [5, 5.41) is 16.2. The maximum absolute atomic E-state index is 11.6. The lowest BCUT2D eigenvalue weighted by Gasteiger charge is -2.13. The number of rotatable bonds is 5. The number of aliphatic carboxylic acids is 1. The second kappa shape index (κ2) is 7.55. The average Bonchev–Trinajstić information content (AvgIpc) is 2.40. The van der Waals surface area contributed by atoms with Crippen LogP contribution in [-0.2, 0) is 9.59 Å². The van der Waals surface area contributed by atoms with Crippen molar-refractivity contribution in [1.29, 1.82) is 0 Å². The summed E-state index contributed by atoms with van der Waals surface area (Å²) in [4.78, 5) is 33.3. The van der Waals surface area contributed by atoms with Crippen molar-refractivity contribution in [3.05, 3.63) is 24.3 Å². The minimum Gasteiger partial charge on any atom is -0.480 e. The minimum atomic E-state index is -1.20. The zero-order valence-corrected chi connectivity index (χ0v) is 11.3. The molecule has 0 aliphatic carbocycles. The van der Waals surface area contributed by atoms with Gasteiger partial charge in [-0.15, -0.1) is 12.3 Å². The van der Waals surface area contributed by atoms with Crippen molar-refractivity contribution in [3.63, 3.8) is 0 Å². The molecule has 1 atom stereocenters. The molecule has 0 spiro atoms. The lowest BCUT2D eigenvalue weighted by atomic mass is 10.2. The number of carboxylic acid groups (broad SMARTS) is 1. The van der Waals surface area contributed by atoms with E-state index in [1.54, 1.807) is 24.3 Å². The van der Waals surface area contributed by atoms with Gasteiger partial charge in [-0.3, -0.25) is 4.79 Å². The lowest BCUT2D eigenvalue weighted by molar-refractivity contribution is -0.139. The van der Waals surface area contributed by atoms with Crippen LogP contribution in [0, 0.1) is 12.3 Å². The Morgan fingerprint density at radius 2 is 1.71 bits per heavy atom. The predicted molar refractivity (Wildman–Crippen MR) is 77.8 cm³/mol. The summed E-state index contributed by atoms with van der Waals surface area (Å²) in [6.45, 7) is 1.39. The van der Waals surface area contributed by atoms with Gasteiger partial charge in [0.15, 0.2) is 0 Å². The second-order valence-electron chi connectivity index (χ2n) is 4.16. The van der Waals surface area contributed by atoms with Crippen molar-refractivity contribution in [2.24, 2.45) is 0 Å². The van der Waals surface area contributed by atoms with E-state index in [0.29, 0.717) is 11.4 Å². The van der Waals surface area contributed by atoms with Crippen LogP contribution >= 0.6 is 0 Å². The van der Waals surface area contributed by atoms with Crippen molar-refractivity contribution in [2.75, 3.05) is 10.6 Å². The highest BCUT2D eigenvalue weighted by Gasteiger charge is 2.18. The highest BCUT2D eigenvalue weighted by Crippen LogP contribution is 2.13. The molecule has 0 aromatic heterocycles. The summed E-state index contributed by atoms with van der Waals surface area (Å²) in [7, 11) is 0. The standard InChI is InChI=1S/C14H15N3O4/c1-3-4-12(13(19)20)17-14(21)16-11-7-5-10(6-8-11)15-9(2)18/h1,5-8,12H,4H2,2H3,(H,15,18)(H,19,20)(H2,16,17,21). The van der Waals surface area contributed by atoms with Crippen LogP contribution in [0.25, 0.3) is 0 Å². The lowest BCUT2D eigenvalue weighted by Crippen LogP contribution is -2.42. The van der Waals surface area contributed by atoms with Gasteiger partial charge in [-0.05, 0) is 24.3 Å². The molecule has 0 aliphatic heterocycles. The molecule has 1 rings (SSSR count). The number of benzene rings is 1. The first-order valence-electron chi connectivity index (χ1n) is 6.04. The monoisotopic (exact) mass is 289 g/mol. The van der Waals surface area contributed by atoms with E-state index in [-0.39, 0.29) is 12.3 Å². The van der Waals surface area contributed by atoms with Crippen molar-refractivity contribution in [3.8, 4) is 12.3 Å². The SMILES string of the molecule is C#CCC(NC(=O)Nc1ccc(NC(C)=O)cc1)C(=O)O. The summed E-state index contributed by atoms with van der Waals surface area (Å²) in [6, 6.07) is 4.53. The average molecular weight is 289 g/mol. The van der Waals surface area contributed by atoms with Crippen LogP contribution in [0.2, 0.25) is 0 Å². The predicted octanol–water partition coefficient (Wildman–Crippen LogP) is 1.24. The Morgan fingerprint density at radius 1 is 1.19 bits per heavy atom. The number of anilines is 2. The van der Waals surface area contributed by atoms with Crippen molar-refractivity contribution in [1.82, 2.24) is 5.32 Å². The molecule has 4 N–H and O–H groups in total. The number of carbonyl (C=O) groups excluding carboxylic acids is 2. The first-order chi connectivity index (χ1) is 9.92. The number of urea groups is 1. The Morgan fingerprint density at radius 3 is 2.14 bits per heavy atom. The molecule has 0 fully saturated rings. The fraction of sp³-hybridized carbons (Fsp3) is 0.214. The van der Waals surface area contributed by atoms with Gasteiger partial charge in [-0.1, -0.05) is 0 Å². The minimum absolute atomic E-state index is 0.107. The summed E-state index contributed by atoms with van der Waals surface area (Å²) in [5.74, 6) is 0.774. The van der Waals surface area contributed by atoms with Crippen LogP contribution in [0.5, 0.6) is 0 Å². The molecule has 0 radical (unpaired) electrons. The van der Waals surface area contributed by atoms with Gasteiger partial charge in [-0.25, -0.2) is 9.59 Å². The fourth-order valence-corrected chi connectivity index (χ4v) is 1.48. The maximum atomic E-state index is 11.6. The van der Waals surface area contributed by atoms with E-state index in [4.69, 9.17) is 11.5 Å². The second-order valence-corrected chi connectivity index (χ2v) is 4.16. The van der Waals surface area contributed by atoms with Gasteiger partial charge < -0.3 is 21.1 Å². The largest absolute Gasteiger partial charge is 0.480 e. The van der Waals surface area contributed by atoms with Gasteiger partial charge >= 0.3 is 12.0 Å². The quantitative estimate of drug-likeness (QED) is 0.612. The zero-order valence-electron chi connectivity index (χ0n) is 11.3. The Kier molecular flexibility index (Phi) is 5.77. The highest BCUT2D eigenvalue weighted by molar-refractivity contribution is 5.93. The van der Waals surface area contributed by atoms with E-state index in [1.165, 1.54) is 6.92 Å². The van der Waals surface area contributed by atoms with Crippen LogP contribution in [0.15, 0.2) is 24.3 Å². The Balaban J connectivity index is 2.60. The van der Waals surface area contributed by atoms with Crippen LogP contribution < -0.4 is 16.0 Å². The molecule has 7 heteroatoms. The number of nitrogens with one attached hydrogen (secondary N) is 3. The van der Waals surface area contributed by atoms with Gasteiger partial charge in [-0.2, -0.15) is 0 Å². The molecule has 3 amide bonds. The molecule has 0 aliphatic rings. The van der Waals surface area contributed by atoms with Crippen LogP contribution in [0.3, 0.4) is 0 Å². The topological polar surface area (TPSA) is 108 Å². The highest BCUT2D eigenvalue weighted by atomic mass is 16.4. The molecular formula is C14H15N3O4. The zero-order chi connectivity index (χ0) is 15.8. The van der Waals surface area contributed by atoms with Gasteiger partial charge in [0.2, 0.25) is 5.91 Å². The molecular weight excluding hydrogens is 274 g/mol. The molecule has 1 aromatic rings. The van der Waals surface area contributed by atoms with E-state index < -0.39 is 18.0 Å². The first-order valence-corrected chi connectivity index (χ1v) is 6.04. The Labute approximate surface area is 121 Å². The number of carbonyl (C=O) groups is 3.